The van der Waals surface area contributed by atoms with E-state index >= 15 is 0 Å². The Kier molecular flexibility index (Phi) is 3.95. The van der Waals surface area contributed by atoms with Crippen LogP contribution in [0, 0.1) is 13.8 Å². The molecule has 1 aromatic heterocycles. The molecule has 0 saturated carbocycles. The molecule has 0 unspecified atom stereocenters. The fourth-order valence-electron chi connectivity index (χ4n) is 1.69. The van der Waals surface area contributed by atoms with E-state index in [0.29, 0.717) is 18.1 Å². The highest BCUT2D eigenvalue weighted by atomic mass is 16.5. The van der Waals surface area contributed by atoms with Gasteiger partial charge < -0.3 is 9.84 Å². The molecule has 0 aliphatic rings. The number of aliphatic hydroxyl groups excluding tert-OH is 1. The molecule has 1 aromatic carbocycles. The lowest BCUT2D eigenvalue weighted by Gasteiger charge is -2.10. The number of rotatable bonds is 4. The minimum absolute atomic E-state index is 0.106. The number of aliphatic hydroxyl groups is 1. The summed E-state index contributed by atoms with van der Waals surface area (Å²) in [5.41, 5.74) is 3.79. The molecule has 18 heavy (non-hydrogen) atoms. The van der Waals surface area contributed by atoms with Crippen molar-refractivity contribution >= 4 is 0 Å². The number of pyridine rings is 1. The van der Waals surface area contributed by atoms with Gasteiger partial charge in [0, 0.05) is 5.69 Å². The van der Waals surface area contributed by atoms with Gasteiger partial charge in [-0.3, -0.25) is 4.98 Å². The zero-order valence-electron chi connectivity index (χ0n) is 10.7. The smallest absolute Gasteiger partial charge is 0.143 e. The molecule has 0 amide bonds. The molecule has 1 N–H and O–H groups in total. The number of ether oxygens (including phenoxy) is 1. The van der Waals surface area contributed by atoms with Crippen molar-refractivity contribution in [2.45, 2.75) is 27.1 Å². The van der Waals surface area contributed by atoms with E-state index in [1.54, 1.807) is 0 Å². The second-order valence-corrected chi connectivity index (χ2v) is 4.33. The minimum atomic E-state index is -0.106. The average molecular weight is 243 g/mol. The van der Waals surface area contributed by atoms with Crippen molar-refractivity contribution in [3.05, 3.63) is 58.9 Å². The van der Waals surface area contributed by atoms with Gasteiger partial charge in [0.05, 0.1) is 6.61 Å². The largest absolute Gasteiger partial charge is 0.487 e. The van der Waals surface area contributed by atoms with Gasteiger partial charge in [0.15, 0.2) is 0 Å². The Morgan fingerprint density at radius 1 is 1.06 bits per heavy atom. The van der Waals surface area contributed by atoms with Crippen molar-refractivity contribution in [3.63, 3.8) is 0 Å². The van der Waals surface area contributed by atoms with Crippen LogP contribution >= 0.6 is 0 Å². The first-order chi connectivity index (χ1) is 8.69. The lowest BCUT2D eigenvalue weighted by Crippen LogP contribution is -2.01. The summed E-state index contributed by atoms with van der Waals surface area (Å²) >= 11 is 0. The molecule has 3 heteroatoms. The summed E-state index contributed by atoms with van der Waals surface area (Å²) in [6.07, 6.45) is 0. The van der Waals surface area contributed by atoms with Crippen molar-refractivity contribution in [1.82, 2.24) is 4.98 Å². The van der Waals surface area contributed by atoms with Crippen LogP contribution in [0.3, 0.4) is 0 Å². The van der Waals surface area contributed by atoms with Gasteiger partial charge in [-0.25, -0.2) is 0 Å². The summed E-state index contributed by atoms with van der Waals surface area (Å²) in [6, 6.07) is 11.9. The van der Waals surface area contributed by atoms with E-state index in [-0.39, 0.29) is 6.61 Å². The Bertz CT molecular complexity index is 521. The fourth-order valence-corrected chi connectivity index (χ4v) is 1.69. The molecule has 2 rings (SSSR count). The third kappa shape index (κ3) is 3.08. The van der Waals surface area contributed by atoms with Crippen LogP contribution in [-0.2, 0) is 13.2 Å². The van der Waals surface area contributed by atoms with Gasteiger partial charge >= 0.3 is 0 Å². The summed E-state index contributed by atoms with van der Waals surface area (Å²) in [5.74, 6) is 0.642. The lowest BCUT2D eigenvalue weighted by molar-refractivity contribution is 0.253. The standard InChI is InChI=1S/C15H17NO2/c1-11-3-6-13(7-4-11)10-18-15-8-5-12(2)16-14(15)9-17/h3-8,17H,9-10H2,1-2H3. The zero-order chi connectivity index (χ0) is 13.0. The number of hydrogen-bond donors (Lipinski definition) is 1. The van der Waals surface area contributed by atoms with Gasteiger partial charge in [-0.05, 0) is 31.5 Å². The molecule has 0 aliphatic carbocycles. The molecule has 2 aromatic rings. The Hall–Kier alpha value is -1.87. The summed E-state index contributed by atoms with van der Waals surface area (Å²) < 4.78 is 5.69. The molecule has 0 saturated heterocycles. The van der Waals surface area contributed by atoms with E-state index in [1.165, 1.54) is 5.56 Å². The van der Waals surface area contributed by atoms with E-state index in [4.69, 9.17) is 4.74 Å². The number of hydrogen-bond acceptors (Lipinski definition) is 3. The Labute approximate surface area is 107 Å². The summed E-state index contributed by atoms with van der Waals surface area (Å²) in [6.45, 7) is 4.32. The molecule has 0 spiro atoms. The molecule has 3 nitrogen and oxygen atoms in total. The predicted molar refractivity (Wildman–Crippen MR) is 70.4 cm³/mol. The van der Waals surface area contributed by atoms with Gasteiger partial charge in [-0.15, -0.1) is 0 Å². The Morgan fingerprint density at radius 3 is 2.44 bits per heavy atom. The van der Waals surface area contributed by atoms with Crippen LogP contribution in [0.2, 0.25) is 0 Å². The third-order valence-electron chi connectivity index (χ3n) is 2.74. The van der Waals surface area contributed by atoms with Crippen molar-refractivity contribution < 1.29 is 9.84 Å². The molecule has 0 radical (unpaired) electrons. The van der Waals surface area contributed by atoms with E-state index in [0.717, 1.165) is 11.3 Å². The molecule has 0 aliphatic heterocycles. The fraction of sp³-hybridized carbons (Fsp3) is 0.267. The van der Waals surface area contributed by atoms with Crippen LogP contribution in [-0.4, -0.2) is 10.1 Å². The van der Waals surface area contributed by atoms with Crippen LogP contribution in [0.5, 0.6) is 5.75 Å². The lowest BCUT2D eigenvalue weighted by atomic mass is 10.2. The monoisotopic (exact) mass is 243 g/mol. The second-order valence-electron chi connectivity index (χ2n) is 4.33. The molecular formula is C15H17NO2. The minimum Gasteiger partial charge on any atom is -0.487 e. The molecule has 0 atom stereocenters. The van der Waals surface area contributed by atoms with Crippen LogP contribution < -0.4 is 4.74 Å². The third-order valence-corrected chi connectivity index (χ3v) is 2.74. The first kappa shape index (κ1) is 12.6. The van der Waals surface area contributed by atoms with Gasteiger partial charge in [0.1, 0.15) is 18.1 Å². The molecule has 0 fully saturated rings. The maximum atomic E-state index is 9.23. The number of nitrogens with zero attached hydrogens (tertiary/aromatic N) is 1. The predicted octanol–water partition coefficient (Wildman–Crippen LogP) is 2.77. The first-order valence-corrected chi connectivity index (χ1v) is 5.95. The SMILES string of the molecule is Cc1ccc(COc2ccc(C)nc2CO)cc1. The molecule has 1 heterocycles. The van der Waals surface area contributed by atoms with Crippen LogP contribution in [0.15, 0.2) is 36.4 Å². The van der Waals surface area contributed by atoms with E-state index in [1.807, 2.05) is 31.2 Å². The Balaban J connectivity index is 2.08. The maximum absolute atomic E-state index is 9.23. The van der Waals surface area contributed by atoms with E-state index in [2.05, 4.69) is 24.0 Å². The highest BCUT2D eigenvalue weighted by Crippen LogP contribution is 2.18. The second kappa shape index (κ2) is 5.65. The zero-order valence-corrected chi connectivity index (χ0v) is 10.7. The first-order valence-electron chi connectivity index (χ1n) is 5.95. The van der Waals surface area contributed by atoms with Crippen LogP contribution in [0.25, 0.3) is 0 Å². The average Bonchev–Trinajstić information content (AvgIpc) is 2.39. The van der Waals surface area contributed by atoms with Gasteiger partial charge in [0.2, 0.25) is 0 Å². The number of aryl methyl sites for hydroxylation is 2. The Morgan fingerprint density at radius 2 is 1.78 bits per heavy atom. The van der Waals surface area contributed by atoms with Crippen molar-refractivity contribution in [2.24, 2.45) is 0 Å². The molecule has 0 bridgehead atoms. The normalized spacial score (nSPS) is 10.4. The highest BCUT2D eigenvalue weighted by molar-refractivity contribution is 5.29. The molecular weight excluding hydrogens is 226 g/mol. The van der Waals surface area contributed by atoms with E-state index < -0.39 is 0 Å². The highest BCUT2D eigenvalue weighted by Gasteiger charge is 2.05. The van der Waals surface area contributed by atoms with E-state index in [9.17, 15) is 5.11 Å². The van der Waals surface area contributed by atoms with Crippen molar-refractivity contribution in [3.8, 4) is 5.75 Å². The summed E-state index contributed by atoms with van der Waals surface area (Å²) in [7, 11) is 0. The van der Waals surface area contributed by atoms with Gasteiger partial charge in [0.25, 0.3) is 0 Å². The molecule has 94 valence electrons. The topological polar surface area (TPSA) is 42.4 Å². The summed E-state index contributed by atoms with van der Waals surface area (Å²) in [4.78, 5) is 4.24. The maximum Gasteiger partial charge on any atom is 0.143 e. The van der Waals surface area contributed by atoms with Gasteiger partial charge in [-0.2, -0.15) is 0 Å². The van der Waals surface area contributed by atoms with Crippen molar-refractivity contribution in [1.29, 1.82) is 0 Å². The van der Waals surface area contributed by atoms with Crippen LogP contribution in [0.1, 0.15) is 22.5 Å². The van der Waals surface area contributed by atoms with Crippen LogP contribution in [0.4, 0.5) is 0 Å². The summed E-state index contributed by atoms with van der Waals surface area (Å²) in [5, 5.41) is 9.23. The van der Waals surface area contributed by atoms with Crippen molar-refractivity contribution in [2.75, 3.05) is 0 Å². The number of aromatic nitrogens is 1. The number of benzene rings is 1. The quantitative estimate of drug-likeness (QED) is 0.897. The van der Waals surface area contributed by atoms with Gasteiger partial charge in [-0.1, -0.05) is 29.8 Å².